The summed E-state index contributed by atoms with van der Waals surface area (Å²) >= 11 is 0. The van der Waals surface area contributed by atoms with Gasteiger partial charge in [-0.2, -0.15) is 0 Å². The molecule has 0 aromatic heterocycles. The fourth-order valence-electron chi connectivity index (χ4n) is 2.38. The van der Waals surface area contributed by atoms with E-state index in [1.54, 1.807) is 6.92 Å². The molecule has 2 radical (unpaired) electrons. The Morgan fingerprint density at radius 2 is 1.89 bits per heavy atom. The molecule has 2 N–H and O–H groups in total. The topological polar surface area (TPSA) is 201 Å². The molecule has 0 bridgehead atoms. The summed E-state index contributed by atoms with van der Waals surface area (Å²) in [5, 5.41) is 12.0. The maximum absolute atomic E-state index is 11.8. The largest absolute Gasteiger partial charge is 0.790 e. The van der Waals surface area contributed by atoms with E-state index in [1.807, 2.05) is 0 Å². The van der Waals surface area contributed by atoms with Gasteiger partial charge in [0.2, 0.25) is 5.91 Å². The predicted molar refractivity (Wildman–Crippen MR) is 82.5 cm³/mol. The standard InChI is InChI=1S/C10H18N2O11P2.2Na/c1-5-3-12(10(15)11-9(5)14)8-2-6(13)7(22-8)4-21-25(19,20)23-24(16,17)18;;/h5-8,13H,2-4H2,1H3,(H,19,20)(H,11,14,15)(H2,16,17,18);;/p-3. The van der Waals surface area contributed by atoms with Crippen molar-refractivity contribution in [3.63, 3.8) is 0 Å². The molecule has 2 aliphatic heterocycles. The van der Waals surface area contributed by atoms with Gasteiger partial charge in [-0.3, -0.25) is 23.9 Å². The molecule has 2 saturated heterocycles. The van der Waals surface area contributed by atoms with E-state index in [1.165, 1.54) is 0 Å². The number of carbonyl (C=O) groups excluding carboxylic acids is 2. The van der Waals surface area contributed by atoms with Gasteiger partial charge in [-0.05, 0) is 0 Å². The minimum absolute atomic E-state index is 0. The number of nitrogens with zero attached hydrogens (tertiary/aromatic N) is 1. The van der Waals surface area contributed by atoms with Crippen LogP contribution in [0.25, 0.3) is 0 Å². The summed E-state index contributed by atoms with van der Waals surface area (Å²) in [6, 6.07) is -0.724. The molecule has 27 heavy (non-hydrogen) atoms. The minimum Gasteiger partial charge on any atom is -0.790 e. The van der Waals surface area contributed by atoms with Crippen molar-refractivity contribution in [1.29, 1.82) is 0 Å². The molecule has 2 fully saturated rings. The van der Waals surface area contributed by atoms with E-state index in [0.717, 1.165) is 4.90 Å². The van der Waals surface area contributed by atoms with Crippen LogP contribution in [0.4, 0.5) is 4.79 Å². The minimum atomic E-state index is -5.82. The molecule has 0 aliphatic carbocycles. The van der Waals surface area contributed by atoms with Crippen molar-refractivity contribution >= 4 is 86.7 Å². The van der Waals surface area contributed by atoms with Gasteiger partial charge in [-0.25, -0.2) is 4.79 Å². The SMILES string of the molecule is CC1CN(C2CC(O)C(COP(=O)([O-])OP(=O)([O-])[O-])O2)C(=O)NC1=O.[Na].[Na]. The number of phosphoric acid groups is 2. The Morgan fingerprint density at radius 3 is 2.44 bits per heavy atom. The molecule has 0 saturated carbocycles. The second kappa shape index (κ2) is 10.9. The second-order valence-corrected chi connectivity index (χ2v) is 8.25. The van der Waals surface area contributed by atoms with Crippen molar-refractivity contribution in [1.82, 2.24) is 10.2 Å². The second-order valence-electron chi connectivity index (χ2n) is 5.55. The molecule has 146 valence electrons. The average molecular weight is 447 g/mol. The van der Waals surface area contributed by atoms with Crippen LogP contribution < -0.4 is 20.0 Å². The third-order valence-corrected chi connectivity index (χ3v) is 5.62. The van der Waals surface area contributed by atoms with Crippen molar-refractivity contribution in [3.8, 4) is 0 Å². The van der Waals surface area contributed by atoms with Gasteiger partial charge >= 0.3 is 6.03 Å². The van der Waals surface area contributed by atoms with E-state index in [4.69, 9.17) is 4.74 Å². The number of hydrogen-bond donors (Lipinski definition) is 2. The van der Waals surface area contributed by atoms with Gasteiger partial charge in [0, 0.05) is 72.1 Å². The van der Waals surface area contributed by atoms with Crippen molar-refractivity contribution < 1.29 is 52.1 Å². The number of ether oxygens (including phenoxy) is 1. The maximum atomic E-state index is 11.8. The van der Waals surface area contributed by atoms with Gasteiger partial charge in [-0.1, -0.05) is 6.92 Å². The van der Waals surface area contributed by atoms with Crippen LogP contribution >= 0.6 is 15.6 Å². The third kappa shape index (κ3) is 8.41. The first-order chi connectivity index (χ1) is 11.4. The van der Waals surface area contributed by atoms with Crippen LogP contribution in [-0.2, 0) is 27.5 Å². The summed E-state index contributed by atoms with van der Waals surface area (Å²) in [5.74, 6) is -0.962. The van der Waals surface area contributed by atoms with Gasteiger partial charge < -0.3 is 33.6 Å². The quantitative estimate of drug-likeness (QED) is 0.299. The summed E-state index contributed by atoms with van der Waals surface area (Å²) in [6.45, 7) is 0.784. The number of nitrogens with one attached hydrogen (secondary N) is 1. The van der Waals surface area contributed by atoms with Gasteiger partial charge in [0.1, 0.15) is 12.3 Å². The van der Waals surface area contributed by atoms with Crippen molar-refractivity contribution in [2.75, 3.05) is 13.2 Å². The van der Waals surface area contributed by atoms with E-state index in [2.05, 4.69) is 14.2 Å². The normalized spacial score (nSPS) is 30.8. The van der Waals surface area contributed by atoms with E-state index in [9.17, 15) is 38.5 Å². The average Bonchev–Trinajstić information content (AvgIpc) is 2.79. The molecular weight excluding hydrogens is 432 g/mol. The summed E-state index contributed by atoms with van der Waals surface area (Å²) in [4.78, 5) is 56.1. The molecule has 0 spiro atoms. The molecule has 0 aromatic carbocycles. The number of phosphoric ester groups is 1. The van der Waals surface area contributed by atoms with E-state index < -0.39 is 58.5 Å². The Hall–Kier alpha value is 1.12. The number of imide groups is 1. The molecule has 13 nitrogen and oxygen atoms in total. The van der Waals surface area contributed by atoms with Gasteiger partial charge in [0.05, 0.1) is 26.5 Å². The first kappa shape index (κ1) is 28.1. The predicted octanol–water partition coefficient (Wildman–Crippen LogP) is -3.78. The van der Waals surface area contributed by atoms with Crippen molar-refractivity contribution in [2.24, 2.45) is 5.92 Å². The van der Waals surface area contributed by atoms with E-state index in [0.29, 0.717) is 0 Å². The first-order valence-corrected chi connectivity index (χ1v) is 9.94. The van der Waals surface area contributed by atoms with Crippen LogP contribution in [0.5, 0.6) is 0 Å². The number of amides is 3. The van der Waals surface area contributed by atoms with E-state index in [-0.39, 0.29) is 72.1 Å². The van der Waals surface area contributed by atoms with Crippen LogP contribution in [0.15, 0.2) is 0 Å². The number of urea groups is 1. The number of aliphatic hydroxyl groups is 1. The van der Waals surface area contributed by atoms with Crippen LogP contribution in [-0.4, -0.2) is 113 Å². The molecule has 3 amide bonds. The molecule has 0 aromatic rings. The number of carbonyl (C=O) groups is 2. The molecule has 5 unspecified atom stereocenters. The number of hydrogen-bond acceptors (Lipinski definition) is 11. The molecular formula is C10H15N2Na2O11P2-3. The maximum Gasteiger partial charge on any atom is 0.326 e. The summed E-state index contributed by atoms with van der Waals surface area (Å²) in [7, 11) is -11.3. The zero-order valence-electron chi connectivity index (χ0n) is 14.8. The summed E-state index contributed by atoms with van der Waals surface area (Å²) in [6.07, 6.45) is -3.50. The van der Waals surface area contributed by atoms with Gasteiger partial charge in [-0.15, -0.1) is 0 Å². The number of rotatable bonds is 6. The van der Waals surface area contributed by atoms with Gasteiger partial charge in [0.25, 0.3) is 7.82 Å². The summed E-state index contributed by atoms with van der Waals surface area (Å²) in [5.41, 5.74) is 0. The first-order valence-electron chi connectivity index (χ1n) is 7.02. The zero-order valence-corrected chi connectivity index (χ0v) is 20.6. The van der Waals surface area contributed by atoms with Crippen molar-refractivity contribution in [3.05, 3.63) is 0 Å². The molecule has 17 heteroatoms. The zero-order chi connectivity index (χ0) is 19.0. The van der Waals surface area contributed by atoms with Gasteiger partial charge in [0.15, 0.2) is 0 Å². The number of aliphatic hydroxyl groups excluding tert-OH is 1. The monoisotopic (exact) mass is 447 g/mol. The smallest absolute Gasteiger partial charge is 0.326 e. The van der Waals surface area contributed by atoms with Crippen molar-refractivity contribution in [2.45, 2.75) is 31.8 Å². The Bertz CT molecular complexity index is 647. The van der Waals surface area contributed by atoms with Crippen LogP contribution in [0, 0.1) is 5.92 Å². The molecule has 5 atom stereocenters. The fraction of sp³-hybridized carbons (Fsp3) is 0.800. The van der Waals surface area contributed by atoms with Crippen LogP contribution in [0.2, 0.25) is 0 Å². The molecule has 2 aliphatic rings. The molecule has 2 heterocycles. The van der Waals surface area contributed by atoms with Crippen LogP contribution in [0.3, 0.4) is 0 Å². The Kier molecular flexibility index (Phi) is 11.4. The fourth-order valence-corrected chi connectivity index (χ4v) is 3.88. The van der Waals surface area contributed by atoms with E-state index >= 15 is 0 Å². The molecule has 2 rings (SSSR count). The Balaban J connectivity index is 0.00000338. The van der Waals surface area contributed by atoms with Crippen LogP contribution in [0.1, 0.15) is 13.3 Å². The summed E-state index contributed by atoms with van der Waals surface area (Å²) < 4.78 is 34.3. The Labute approximate surface area is 198 Å². The Morgan fingerprint density at radius 1 is 1.30 bits per heavy atom. The third-order valence-electron chi connectivity index (χ3n) is 3.56.